The van der Waals surface area contributed by atoms with Gasteiger partial charge in [0.25, 0.3) is 5.91 Å². The zero-order valence-corrected chi connectivity index (χ0v) is 9.83. The minimum Gasteiger partial charge on any atom is -0.362 e. The van der Waals surface area contributed by atoms with Gasteiger partial charge in [-0.2, -0.15) is 8.42 Å². The highest BCUT2D eigenvalue weighted by Crippen LogP contribution is 2.09. The Morgan fingerprint density at radius 3 is 2.82 bits per heavy atom. The molecule has 0 aliphatic carbocycles. The van der Waals surface area contributed by atoms with Gasteiger partial charge in [-0.1, -0.05) is 6.07 Å². The van der Waals surface area contributed by atoms with Crippen LogP contribution in [0.2, 0.25) is 0 Å². The Hall–Kier alpha value is -1.70. The smallest absolute Gasteiger partial charge is 0.307 e. The van der Waals surface area contributed by atoms with E-state index in [4.69, 9.17) is 0 Å². The Bertz CT molecular complexity index is 503. The molecule has 1 aromatic rings. The molecule has 17 heavy (non-hydrogen) atoms. The van der Waals surface area contributed by atoms with E-state index in [-0.39, 0.29) is 18.1 Å². The van der Waals surface area contributed by atoms with Gasteiger partial charge in [-0.05, 0) is 6.07 Å². The molecule has 0 aliphatic heterocycles. The van der Waals surface area contributed by atoms with E-state index in [1.54, 1.807) is 0 Å². The largest absolute Gasteiger partial charge is 0.362 e. The van der Waals surface area contributed by atoms with Gasteiger partial charge in [0.2, 0.25) is 5.88 Å². The van der Waals surface area contributed by atoms with Crippen LogP contribution in [0.3, 0.4) is 0 Å². The first-order valence-corrected chi connectivity index (χ1v) is 6.45. The Kier molecular flexibility index (Phi) is 4.38. The lowest BCUT2D eigenvalue weighted by molar-refractivity contribution is 0.0945. The van der Waals surface area contributed by atoms with E-state index >= 15 is 0 Å². The molecule has 0 atom stereocenters. The average molecular weight is 262 g/mol. The molecule has 8 heteroatoms. The Labute approximate surface area is 97.9 Å². The number of alkyl halides is 1. The SMILES string of the molecule is CS(=O)(=O)Oc1cccc(C(=O)NCCF)n1. The molecule has 0 unspecified atom stereocenters. The van der Waals surface area contributed by atoms with Gasteiger partial charge in [0, 0.05) is 12.6 Å². The minimum atomic E-state index is -3.69. The number of rotatable bonds is 5. The van der Waals surface area contributed by atoms with Crippen molar-refractivity contribution in [3.8, 4) is 5.88 Å². The number of halogens is 1. The van der Waals surface area contributed by atoms with E-state index in [0.29, 0.717) is 0 Å². The summed E-state index contributed by atoms with van der Waals surface area (Å²) in [5.74, 6) is -0.804. The second-order valence-corrected chi connectivity index (χ2v) is 4.67. The number of pyridine rings is 1. The third-order valence-electron chi connectivity index (χ3n) is 1.57. The fourth-order valence-corrected chi connectivity index (χ4v) is 1.40. The van der Waals surface area contributed by atoms with Gasteiger partial charge in [-0.25, -0.2) is 9.37 Å². The molecule has 0 aliphatic rings. The summed E-state index contributed by atoms with van der Waals surface area (Å²) in [6.07, 6.45) is 0.866. The quantitative estimate of drug-likeness (QED) is 0.762. The third-order valence-corrected chi connectivity index (χ3v) is 2.05. The highest BCUT2D eigenvalue weighted by atomic mass is 32.2. The van der Waals surface area contributed by atoms with Gasteiger partial charge in [-0.15, -0.1) is 0 Å². The topological polar surface area (TPSA) is 85.4 Å². The van der Waals surface area contributed by atoms with Crippen LogP contribution in [0.15, 0.2) is 18.2 Å². The van der Waals surface area contributed by atoms with Gasteiger partial charge in [0.1, 0.15) is 12.4 Å². The molecule has 0 fully saturated rings. The van der Waals surface area contributed by atoms with Gasteiger partial charge < -0.3 is 9.50 Å². The number of amides is 1. The minimum absolute atomic E-state index is 0.0420. The molecule has 0 spiro atoms. The van der Waals surface area contributed by atoms with E-state index in [0.717, 1.165) is 6.26 Å². The summed E-state index contributed by atoms with van der Waals surface area (Å²) in [5, 5.41) is 2.26. The molecular weight excluding hydrogens is 251 g/mol. The Morgan fingerprint density at radius 1 is 1.53 bits per heavy atom. The van der Waals surface area contributed by atoms with Gasteiger partial charge >= 0.3 is 10.1 Å². The number of nitrogens with one attached hydrogen (secondary N) is 1. The van der Waals surface area contributed by atoms with Crippen LogP contribution in [0, 0.1) is 0 Å². The van der Waals surface area contributed by atoms with Crippen molar-refractivity contribution in [2.24, 2.45) is 0 Å². The predicted octanol–water partition coefficient (Wildman–Crippen LogP) is 0.119. The van der Waals surface area contributed by atoms with Crippen LogP contribution in [0.1, 0.15) is 10.5 Å². The molecule has 1 rings (SSSR count). The summed E-state index contributed by atoms with van der Waals surface area (Å²) in [4.78, 5) is 15.1. The van der Waals surface area contributed by atoms with Crippen molar-refractivity contribution in [3.63, 3.8) is 0 Å². The van der Waals surface area contributed by atoms with Crippen molar-refractivity contribution >= 4 is 16.0 Å². The zero-order chi connectivity index (χ0) is 12.9. The number of hydrogen-bond donors (Lipinski definition) is 1. The molecule has 1 amide bonds. The molecule has 0 aromatic carbocycles. The summed E-state index contributed by atoms with van der Waals surface area (Å²) in [5.41, 5.74) is -0.0420. The van der Waals surface area contributed by atoms with Crippen molar-refractivity contribution < 1.29 is 21.8 Å². The Balaban J connectivity index is 2.82. The number of carbonyl (C=O) groups is 1. The fourth-order valence-electron chi connectivity index (χ4n) is 0.994. The number of aromatic nitrogens is 1. The monoisotopic (exact) mass is 262 g/mol. The Morgan fingerprint density at radius 2 is 2.24 bits per heavy atom. The third kappa shape index (κ3) is 4.77. The van der Waals surface area contributed by atoms with Crippen LogP contribution in [0.5, 0.6) is 5.88 Å². The van der Waals surface area contributed by atoms with Crippen LogP contribution < -0.4 is 9.50 Å². The van der Waals surface area contributed by atoms with Crippen molar-refractivity contribution in [3.05, 3.63) is 23.9 Å². The first-order valence-electron chi connectivity index (χ1n) is 4.63. The summed E-state index contributed by atoms with van der Waals surface area (Å²) >= 11 is 0. The number of carbonyl (C=O) groups excluding carboxylic acids is 1. The summed E-state index contributed by atoms with van der Waals surface area (Å²) in [6.45, 7) is -0.817. The molecule has 0 bridgehead atoms. The van der Waals surface area contributed by atoms with E-state index < -0.39 is 22.7 Å². The average Bonchev–Trinajstić information content (AvgIpc) is 2.24. The van der Waals surface area contributed by atoms with E-state index in [2.05, 4.69) is 14.5 Å². The normalized spacial score (nSPS) is 10.9. The molecule has 1 N–H and O–H groups in total. The zero-order valence-electron chi connectivity index (χ0n) is 9.01. The molecule has 0 radical (unpaired) electrons. The maximum atomic E-state index is 11.8. The van der Waals surface area contributed by atoms with Crippen LogP contribution in [0.25, 0.3) is 0 Å². The predicted molar refractivity (Wildman–Crippen MR) is 58.0 cm³/mol. The highest BCUT2D eigenvalue weighted by molar-refractivity contribution is 7.86. The van der Waals surface area contributed by atoms with Gasteiger partial charge in [0.15, 0.2) is 0 Å². The lowest BCUT2D eigenvalue weighted by Gasteiger charge is -2.04. The molecule has 1 aromatic heterocycles. The highest BCUT2D eigenvalue weighted by Gasteiger charge is 2.10. The number of hydrogen-bond acceptors (Lipinski definition) is 5. The van der Waals surface area contributed by atoms with E-state index in [1.807, 2.05) is 0 Å². The fraction of sp³-hybridized carbons (Fsp3) is 0.333. The van der Waals surface area contributed by atoms with Crippen LogP contribution in [-0.2, 0) is 10.1 Å². The first kappa shape index (κ1) is 13.4. The standard InChI is InChI=1S/C9H11FN2O4S/c1-17(14,15)16-8-4-2-3-7(12-8)9(13)11-6-5-10/h2-4H,5-6H2,1H3,(H,11,13). The molecule has 94 valence electrons. The maximum Gasteiger partial charge on any atom is 0.307 e. The van der Waals surface area contributed by atoms with E-state index in [9.17, 15) is 17.6 Å². The molecular formula is C9H11FN2O4S. The van der Waals surface area contributed by atoms with Gasteiger partial charge in [-0.3, -0.25) is 4.79 Å². The summed E-state index contributed by atoms with van der Waals surface area (Å²) in [7, 11) is -3.69. The van der Waals surface area contributed by atoms with Crippen LogP contribution >= 0.6 is 0 Å². The maximum absolute atomic E-state index is 11.8. The lowest BCUT2D eigenvalue weighted by Crippen LogP contribution is -2.26. The first-order chi connectivity index (χ1) is 7.92. The summed E-state index contributed by atoms with van der Waals surface area (Å²) in [6, 6.07) is 4.08. The summed E-state index contributed by atoms with van der Waals surface area (Å²) < 4.78 is 38.0. The van der Waals surface area contributed by atoms with Crippen molar-refractivity contribution in [2.45, 2.75) is 0 Å². The number of nitrogens with zero attached hydrogens (tertiary/aromatic N) is 1. The van der Waals surface area contributed by atoms with Crippen molar-refractivity contribution in [1.82, 2.24) is 10.3 Å². The molecule has 6 nitrogen and oxygen atoms in total. The van der Waals surface area contributed by atoms with Crippen LogP contribution in [-0.4, -0.2) is 38.8 Å². The van der Waals surface area contributed by atoms with Crippen molar-refractivity contribution in [2.75, 3.05) is 19.5 Å². The van der Waals surface area contributed by atoms with Crippen LogP contribution in [0.4, 0.5) is 4.39 Å². The molecule has 0 saturated heterocycles. The second kappa shape index (κ2) is 5.58. The second-order valence-electron chi connectivity index (χ2n) is 3.09. The van der Waals surface area contributed by atoms with Crippen molar-refractivity contribution in [1.29, 1.82) is 0 Å². The van der Waals surface area contributed by atoms with E-state index in [1.165, 1.54) is 18.2 Å². The van der Waals surface area contributed by atoms with Gasteiger partial charge in [0.05, 0.1) is 6.26 Å². The lowest BCUT2D eigenvalue weighted by atomic mass is 10.3. The molecule has 0 saturated carbocycles. The molecule has 1 heterocycles.